The standard InChI is InChI=1S/C32H52O2/c1-19(2)21(4)32(8)18-29(32)20(3)26-11-12-27-25-10-9-23-17-24(34-22(5)33)13-15-30(23,6)28(25)14-16-31(26,27)7/h9,19-21,24-29H,10-18H2,1-8H3/t20-,21?,24-,25-,26+,27-,28-,29-,30-,31+,32-/m1/s1. The van der Waals surface area contributed by atoms with Crippen LogP contribution < -0.4 is 0 Å². The van der Waals surface area contributed by atoms with E-state index in [2.05, 4.69) is 54.5 Å². The summed E-state index contributed by atoms with van der Waals surface area (Å²) in [5, 5.41) is 0. The molecule has 5 rings (SSSR count). The van der Waals surface area contributed by atoms with Crippen molar-refractivity contribution in [3.63, 3.8) is 0 Å². The fourth-order valence-electron chi connectivity index (χ4n) is 10.6. The van der Waals surface area contributed by atoms with Crippen LogP contribution in [0.1, 0.15) is 113 Å². The van der Waals surface area contributed by atoms with Gasteiger partial charge in [0, 0.05) is 13.3 Å². The summed E-state index contributed by atoms with van der Waals surface area (Å²) in [5.41, 5.74) is 3.08. The van der Waals surface area contributed by atoms with Gasteiger partial charge in [-0.05, 0) is 115 Å². The Bertz CT molecular complexity index is 842. The number of ether oxygens (including phenoxy) is 1. The third-order valence-electron chi connectivity index (χ3n) is 13.1. The van der Waals surface area contributed by atoms with Crippen molar-refractivity contribution in [1.29, 1.82) is 0 Å². The van der Waals surface area contributed by atoms with E-state index in [9.17, 15) is 4.79 Å². The predicted octanol–water partition coefficient (Wildman–Crippen LogP) is 8.45. The lowest BCUT2D eigenvalue weighted by Crippen LogP contribution is -2.51. The van der Waals surface area contributed by atoms with Gasteiger partial charge in [-0.2, -0.15) is 0 Å². The molecule has 0 radical (unpaired) electrons. The Hall–Kier alpha value is -0.790. The highest BCUT2D eigenvalue weighted by atomic mass is 16.5. The molecule has 0 aromatic rings. The van der Waals surface area contributed by atoms with Gasteiger partial charge in [0.05, 0.1) is 0 Å². The summed E-state index contributed by atoms with van der Waals surface area (Å²) in [5.74, 6) is 6.87. The summed E-state index contributed by atoms with van der Waals surface area (Å²) >= 11 is 0. The van der Waals surface area contributed by atoms with Crippen LogP contribution in [0.25, 0.3) is 0 Å². The van der Waals surface area contributed by atoms with Gasteiger partial charge in [-0.25, -0.2) is 0 Å². The molecule has 0 aromatic heterocycles. The molecule has 0 bridgehead atoms. The topological polar surface area (TPSA) is 26.3 Å². The molecule has 5 aliphatic carbocycles. The van der Waals surface area contributed by atoms with Gasteiger partial charge in [0.1, 0.15) is 6.10 Å². The molecular weight excluding hydrogens is 416 g/mol. The molecule has 5 aliphatic rings. The van der Waals surface area contributed by atoms with Crippen molar-refractivity contribution < 1.29 is 9.53 Å². The van der Waals surface area contributed by atoms with Crippen molar-refractivity contribution in [2.75, 3.05) is 0 Å². The fourth-order valence-corrected chi connectivity index (χ4v) is 10.6. The van der Waals surface area contributed by atoms with Crippen LogP contribution in [-0.2, 0) is 9.53 Å². The Balaban J connectivity index is 1.32. The molecule has 2 heteroatoms. The Morgan fingerprint density at radius 3 is 2.38 bits per heavy atom. The molecule has 0 saturated heterocycles. The van der Waals surface area contributed by atoms with Gasteiger partial charge in [0.15, 0.2) is 0 Å². The van der Waals surface area contributed by atoms with E-state index in [1.807, 2.05) is 0 Å². The predicted molar refractivity (Wildman–Crippen MR) is 140 cm³/mol. The summed E-state index contributed by atoms with van der Waals surface area (Å²) < 4.78 is 5.64. The minimum Gasteiger partial charge on any atom is -0.462 e. The number of hydrogen-bond donors (Lipinski definition) is 0. The zero-order valence-corrected chi connectivity index (χ0v) is 23.5. The molecule has 0 amide bonds. The molecule has 11 atom stereocenters. The van der Waals surface area contributed by atoms with Crippen LogP contribution in [0.2, 0.25) is 0 Å². The number of allylic oxidation sites excluding steroid dienone is 1. The number of rotatable bonds is 5. The number of carbonyl (C=O) groups is 1. The molecule has 34 heavy (non-hydrogen) atoms. The minimum absolute atomic E-state index is 0.111. The molecule has 192 valence electrons. The van der Waals surface area contributed by atoms with Crippen molar-refractivity contribution >= 4 is 5.97 Å². The van der Waals surface area contributed by atoms with E-state index in [1.165, 1.54) is 44.9 Å². The Kier molecular flexibility index (Phi) is 6.13. The van der Waals surface area contributed by atoms with Crippen molar-refractivity contribution in [2.45, 2.75) is 119 Å². The first-order chi connectivity index (χ1) is 15.9. The van der Waals surface area contributed by atoms with Gasteiger partial charge in [-0.15, -0.1) is 0 Å². The van der Waals surface area contributed by atoms with Crippen molar-refractivity contribution in [1.82, 2.24) is 0 Å². The van der Waals surface area contributed by atoms with E-state index in [0.29, 0.717) is 16.2 Å². The molecule has 4 fully saturated rings. The van der Waals surface area contributed by atoms with Gasteiger partial charge in [0.2, 0.25) is 0 Å². The smallest absolute Gasteiger partial charge is 0.302 e. The largest absolute Gasteiger partial charge is 0.462 e. The number of esters is 1. The van der Waals surface area contributed by atoms with E-state index in [4.69, 9.17) is 4.74 Å². The van der Waals surface area contributed by atoms with Crippen LogP contribution in [0.3, 0.4) is 0 Å². The zero-order chi connectivity index (χ0) is 24.6. The van der Waals surface area contributed by atoms with Crippen molar-refractivity contribution in [2.24, 2.45) is 63.6 Å². The molecule has 4 saturated carbocycles. The van der Waals surface area contributed by atoms with Crippen LogP contribution >= 0.6 is 0 Å². The van der Waals surface area contributed by atoms with Gasteiger partial charge >= 0.3 is 5.97 Å². The molecule has 1 unspecified atom stereocenters. The lowest BCUT2D eigenvalue weighted by molar-refractivity contribution is -0.148. The Labute approximate surface area is 210 Å². The van der Waals surface area contributed by atoms with Gasteiger partial charge in [-0.1, -0.05) is 60.1 Å². The van der Waals surface area contributed by atoms with Gasteiger partial charge < -0.3 is 4.74 Å². The van der Waals surface area contributed by atoms with E-state index < -0.39 is 0 Å². The van der Waals surface area contributed by atoms with Crippen molar-refractivity contribution in [3.05, 3.63) is 11.6 Å². The molecule has 2 nitrogen and oxygen atoms in total. The van der Waals surface area contributed by atoms with Crippen LogP contribution in [0.5, 0.6) is 0 Å². The van der Waals surface area contributed by atoms with Crippen molar-refractivity contribution in [3.8, 4) is 0 Å². The Morgan fingerprint density at radius 2 is 1.71 bits per heavy atom. The lowest BCUT2D eigenvalue weighted by Gasteiger charge is -2.58. The first-order valence-corrected chi connectivity index (χ1v) is 14.8. The fraction of sp³-hybridized carbons (Fsp3) is 0.906. The second-order valence-electron chi connectivity index (χ2n) is 14.7. The molecule has 0 N–H and O–H groups in total. The average molecular weight is 469 g/mol. The monoisotopic (exact) mass is 468 g/mol. The molecule has 0 heterocycles. The second-order valence-corrected chi connectivity index (χ2v) is 14.7. The van der Waals surface area contributed by atoms with E-state index in [-0.39, 0.29) is 12.1 Å². The third kappa shape index (κ3) is 3.66. The summed E-state index contributed by atoms with van der Waals surface area (Å²) in [6, 6.07) is 0. The summed E-state index contributed by atoms with van der Waals surface area (Å²) in [7, 11) is 0. The Morgan fingerprint density at radius 1 is 0.971 bits per heavy atom. The first-order valence-electron chi connectivity index (χ1n) is 14.8. The highest BCUT2D eigenvalue weighted by Gasteiger charge is 2.63. The second kappa shape index (κ2) is 8.37. The molecule has 0 aliphatic heterocycles. The van der Waals surface area contributed by atoms with Crippen LogP contribution in [-0.4, -0.2) is 12.1 Å². The number of fused-ring (bicyclic) bond motifs is 5. The van der Waals surface area contributed by atoms with E-state index in [1.54, 1.807) is 12.5 Å². The highest BCUT2D eigenvalue weighted by molar-refractivity contribution is 5.66. The quantitative estimate of drug-likeness (QED) is 0.299. The summed E-state index contributed by atoms with van der Waals surface area (Å²) in [6.45, 7) is 19.5. The SMILES string of the molecule is CC(=O)O[C@@H]1CC[C@]2(C)C(=CC[C@@H]3[C@H]4CC[C@@H]([C@@H](C)[C@H]5C[C@]5(C)C(C)C(C)C)[C@]4(C)CC[C@H]32)C1. The third-order valence-corrected chi connectivity index (χ3v) is 13.1. The number of carbonyl (C=O) groups excluding carboxylic acids is 1. The van der Waals surface area contributed by atoms with Crippen LogP contribution in [0, 0.1) is 63.6 Å². The van der Waals surface area contributed by atoms with Crippen LogP contribution in [0.4, 0.5) is 0 Å². The zero-order valence-electron chi connectivity index (χ0n) is 23.5. The highest BCUT2D eigenvalue weighted by Crippen LogP contribution is 2.71. The maximum absolute atomic E-state index is 11.5. The molecule has 0 spiro atoms. The maximum Gasteiger partial charge on any atom is 0.302 e. The van der Waals surface area contributed by atoms with E-state index in [0.717, 1.165) is 60.2 Å². The van der Waals surface area contributed by atoms with E-state index >= 15 is 0 Å². The van der Waals surface area contributed by atoms with Crippen LogP contribution in [0.15, 0.2) is 11.6 Å². The summed E-state index contributed by atoms with van der Waals surface area (Å²) in [6.07, 6.45) is 14.5. The first kappa shape index (κ1) is 24.9. The lowest BCUT2D eigenvalue weighted by atomic mass is 9.47. The maximum atomic E-state index is 11.5. The average Bonchev–Trinajstić information content (AvgIpc) is 3.34. The molecule has 0 aromatic carbocycles. The summed E-state index contributed by atoms with van der Waals surface area (Å²) in [4.78, 5) is 11.5. The van der Waals surface area contributed by atoms with Gasteiger partial charge in [0.25, 0.3) is 0 Å². The minimum atomic E-state index is -0.114. The number of hydrogen-bond acceptors (Lipinski definition) is 2. The molecular formula is C32H52O2. The normalized spacial score (nSPS) is 49.4. The van der Waals surface area contributed by atoms with Gasteiger partial charge in [-0.3, -0.25) is 4.79 Å².